The molecule has 1 aliphatic carbocycles. The van der Waals surface area contributed by atoms with Crippen LogP contribution in [-0.2, 0) is 0 Å². The van der Waals surface area contributed by atoms with E-state index in [0.29, 0.717) is 0 Å². The van der Waals surface area contributed by atoms with Gasteiger partial charge >= 0.3 is 0 Å². The van der Waals surface area contributed by atoms with E-state index >= 15 is 0 Å². The summed E-state index contributed by atoms with van der Waals surface area (Å²) in [6.07, 6.45) is 8.41. The molecule has 0 atom stereocenters. The molecule has 0 aliphatic heterocycles. The van der Waals surface area contributed by atoms with Crippen LogP contribution in [-0.4, -0.2) is 12.5 Å². The second-order valence-corrected chi connectivity index (χ2v) is 4.91. The van der Waals surface area contributed by atoms with Gasteiger partial charge in [0.1, 0.15) is 0 Å². The third-order valence-electron chi connectivity index (χ3n) is 2.90. The van der Waals surface area contributed by atoms with Crippen LogP contribution in [0.15, 0.2) is 28.5 Å². The molecule has 1 heterocycles. The molecule has 86 valence electrons. The topological polar surface area (TPSA) is 29.1 Å². The normalized spacial score (nSPS) is 15.6. The lowest BCUT2D eigenvalue weighted by Crippen LogP contribution is -2.24. The minimum atomic E-state index is 0.0534. The quantitative estimate of drug-likeness (QED) is 0.796. The van der Waals surface area contributed by atoms with Gasteiger partial charge in [-0.25, -0.2) is 0 Å². The third kappa shape index (κ3) is 3.20. The Kier molecular flexibility index (Phi) is 4.17. The molecule has 0 fully saturated rings. The lowest BCUT2D eigenvalue weighted by Gasteiger charge is -2.12. The first-order chi connectivity index (χ1) is 7.86. The van der Waals surface area contributed by atoms with Gasteiger partial charge in [-0.05, 0) is 43.6 Å². The van der Waals surface area contributed by atoms with Crippen molar-refractivity contribution in [1.29, 1.82) is 0 Å². The van der Waals surface area contributed by atoms with E-state index in [1.165, 1.54) is 31.3 Å². The number of hydrogen-bond acceptors (Lipinski definition) is 2. The fourth-order valence-corrected chi connectivity index (χ4v) is 2.60. The number of hydrogen-bond donors (Lipinski definition) is 1. The molecule has 0 aromatic carbocycles. The molecule has 0 bridgehead atoms. The first-order valence-electron chi connectivity index (χ1n) is 5.84. The van der Waals surface area contributed by atoms with Crippen molar-refractivity contribution in [2.24, 2.45) is 0 Å². The van der Waals surface area contributed by atoms with Crippen molar-refractivity contribution in [3.63, 3.8) is 0 Å². The number of nitrogens with one attached hydrogen (secondary N) is 1. The third-order valence-corrected chi connectivity index (χ3v) is 3.58. The molecular formula is C13H17NOS. The van der Waals surface area contributed by atoms with Gasteiger partial charge in [0.2, 0.25) is 0 Å². The first kappa shape index (κ1) is 11.4. The number of allylic oxidation sites excluding steroid dienone is 1. The average molecular weight is 235 g/mol. The van der Waals surface area contributed by atoms with Crippen molar-refractivity contribution in [2.45, 2.75) is 32.1 Å². The van der Waals surface area contributed by atoms with Crippen molar-refractivity contribution in [2.75, 3.05) is 6.54 Å². The van der Waals surface area contributed by atoms with Crippen LogP contribution in [0.5, 0.6) is 0 Å². The number of carbonyl (C=O) groups is 1. The van der Waals surface area contributed by atoms with Gasteiger partial charge in [-0.1, -0.05) is 11.6 Å². The second-order valence-electron chi connectivity index (χ2n) is 4.13. The lowest BCUT2D eigenvalue weighted by molar-refractivity contribution is 0.0954. The van der Waals surface area contributed by atoms with Crippen molar-refractivity contribution in [3.8, 4) is 0 Å². The fourth-order valence-electron chi connectivity index (χ4n) is 1.96. The van der Waals surface area contributed by atoms with Crippen molar-refractivity contribution in [1.82, 2.24) is 5.32 Å². The summed E-state index contributed by atoms with van der Waals surface area (Å²) in [6, 6.07) is 1.86. The predicted octanol–water partition coefficient (Wildman–Crippen LogP) is 3.37. The molecule has 0 saturated heterocycles. The molecule has 0 unspecified atom stereocenters. The van der Waals surface area contributed by atoms with Gasteiger partial charge in [0, 0.05) is 17.5 Å². The van der Waals surface area contributed by atoms with Crippen LogP contribution in [0.4, 0.5) is 0 Å². The Labute approximate surface area is 100 Å². The average Bonchev–Trinajstić information content (AvgIpc) is 2.84. The summed E-state index contributed by atoms with van der Waals surface area (Å²) in [6.45, 7) is 0.764. The molecule has 2 nitrogen and oxygen atoms in total. The Bertz CT molecular complexity index is 367. The Balaban J connectivity index is 1.72. The minimum absolute atomic E-state index is 0.0534. The summed E-state index contributed by atoms with van der Waals surface area (Å²) in [4.78, 5) is 11.6. The summed E-state index contributed by atoms with van der Waals surface area (Å²) < 4.78 is 0. The lowest BCUT2D eigenvalue weighted by atomic mass is 9.97. The molecule has 1 aromatic rings. The fraction of sp³-hybridized carbons (Fsp3) is 0.462. The molecule has 16 heavy (non-hydrogen) atoms. The van der Waals surface area contributed by atoms with Gasteiger partial charge in [0.15, 0.2) is 0 Å². The molecule has 0 radical (unpaired) electrons. The molecule has 1 aromatic heterocycles. The molecule has 0 saturated carbocycles. The van der Waals surface area contributed by atoms with Crippen LogP contribution in [0, 0.1) is 0 Å². The van der Waals surface area contributed by atoms with Gasteiger partial charge in [-0.15, -0.1) is 0 Å². The van der Waals surface area contributed by atoms with Gasteiger partial charge in [0.25, 0.3) is 5.91 Å². The van der Waals surface area contributed by atoms with E-state index in [9.17, 15) is 4.79 Å². The van der Waals surface area contributed by atoms with Gasteiger partial charge in [-0.2, -0.15) is 11.3 Å². The van der Waals surface area contributed by atoms with Crippen LogP contribution in [0.1, 0.15) is 42.5 Å². The van der Waals surface area contributed by atoms with E-state index in [-0.39, 0.29) is 5.91 Å². The maximum atomic E-state index is 11.6. The highest BCUT2D eigenvalue weighted by atomic mass is 32.1. The van der Waals surface area contributed by atoms with Crippen LogP contribution in [0.2, 0.25) is 0 Å². The van der Waals surface area contributed by atoms with Crippen molar-refractivity contribution in [3.05, 3.63) is 34.0 Å². The monoisotopic (exact) mass is 235 g/mol. The Morgan fingerprint density at radius 1 is 1.44 bits per heavy atom. The summed E-state index contributed by atoms with van der Waals surface area (Å²) in [5.74, 6) is 0.0534. The largest absolute Gasteiger partial charge is 0.352 e. The minimum Gasteiger partial charge on any atom is -0.352 e. The molecule has 1 N–H and O–H groups in total. The zero-order valence-corrected chi connectivity index (χ0v) is 10.2. The predicted molar refractivity (Wildman–Crippen MR) is 67.8 cm³/mol. The maximum absolute atomic E-state index is 11.6. The molecule has 0 spiro atoms. The molecular weight excluding hydrogens is 218 g/mol. The van der Waals surface area contributed by atoms with Gasteiger partial charge in [-0.3, -0.25) is 4.79 Å². The van der Waals surface area contributed by atoms with Crippen molar-refractivity contribution < 1.29 is 4.79 Å². The van der Waals surface area contributed by atoms with E-state index in [2.05, 4.69) is 11.4 Å². The molecule has 2 rings (SSSR count). The SMILES string of the molecule is O=C(NCCC1=CCCCC1)c1ccsc1. The summed E-state index contributed by atoms with van der Waals surface area (Å²) in [7, 11) is 0. The summed E-state index contributed by atoms with van der Waals surface area (Å²) in [5.41, 5.74) is 2.29. The second kappa shape index (κ2) is 5.85. The van der Waals surface area contributed by atoms with E-state index < -0.39 is 0 Å². The molecule has 1 amide bonds. The Hall–Kier alpha value is -1.09. The summed E-state index contributed by atoms with van der Waals surface area (Å²) >= 11 is 1.56. The van der Waals surface area contributed by atoms with Crippen LogP contribution >= 0.6 is 11.3 Å². The highest BCUT2D eigenvalue weighted by Crippen LogP contribution is 2.19. The van der Waals surface area contributed by atoms with Crippen molar-refractivity contribution >= 4 is 17.2 Å². The number of thiophene rings is 1. The zero-order chi connectivity index (χ0) is 11.2. The van der Waals surface area contributed by atoms with Crippen LogP contribution < -0.4 is 5.32 Å². The van der Waals surface area contributed by atoms with E-state index in [1.807, 2.05) is 16.8 Å². The highest BCUT2D eigenvalue weighted by molar-refractivity contribution is 7.08. The number of carbonyl (C=O) groups excluding carboxylic acids is 1. The van der Waals surface area contributed by atoms with E-state index in [0.717, 1.165) is 18.5 Å². The van der Waals surface area contributed by atoms with Crippen LogP contribution in [0.3, 0.4) is 0 Å². The smallest absolute Gasteiger partial charge is 0.252 e. The standard InChI is InChI=1S/C13H17NOS/c15-13(12-7-9-16-10-12)14-8-6-11-4-2-1-3-5-11/h4,7,9-10H,1-3,5-6,8H2,(H,14,15). The van der Waals surface area contributed by atoms with E-state index in [1.54, 1.807) is 11.3 Å². The Morgan fingerprint density at radius 3 is 3.06 bits per heavy atom. The number of amides is 1. The molecule has 3 heteroatoms. The Morgan fingerprint density at radius 2 is 2.38 bits per heavy atom. The first-order valence-corrected chi connectivity index (χ1v) is 6.79. The number of rotatable bonds is 4. The van der Waals surface area contributed by atoms with E-state index in [4.69, 9.17) is 0 Å². The van der Waals surface area contributed by atoms with Gasteiger partial charge < -0.3 is 5.32 Å². The van der Waals surface area contributed by atoms with Gasteiger partial charge in [0.05, 0.1) is 0 Å². The summed E-state index contributed by atoms with van der Waals surface area (Å²) in [5, 5.41) is 6.77. The zero-order valence-electron chi connectivity index (χ0n) is 9.37. The van der Waals surface area contributed by atoms with Crippen LogP contribution in [0.25, 0.3) is 0 Å². The molecule has 1 aliphatic rings. The maximum Gasteiger partial charge on any atom is 0.252 e. The highest BCUT2D eigenvalue weighted by Gasteiger charge is 2.06.